The van der Waals surface area contributed by atoms with E-state index in [0.717, 1.165) is 24.4 Å². The van der Waals surface area contributed by atoms with Gasteiger partial charge in [-0.1, -0.05) is 36.8 Å². The summed E-state index contributed by atoms with van der Waals surface area (Å²) in [6.45, 7) is 4.15. The minimum atomic E-state index is 0.670. The summed E-state index contributed by atoms with van der Waals surface area (Å²) in [5, 5.41) is 0. The van der Waals surface area contributed by atoms with Gasteiger partial charge in [0, 0.05) is 18.2 Å². The summed E-state index contributed by atoms with van der Waals surface area (Å²) in [5.41, 5.74) is 6.05. The molecule has 0 bridgehead atoms. The number of anilines is 1. The highest BCUT2D eigenvalue weighted by Gasteiger charge is 2.04. The fourth-order valence-corrected chi connectivity index (χ4v) is 1.77. The van der Waals surface area contributed by atoms with Gasteiger partial charge in [-0.15, -0.1) is 0 Å². The molecule has 2 rings (SSSR count). The molecule has 0 aliphatic carbocycles. The van der Waals surface area contributed by atoms with Crippen molar-refractivity contribution in [2.24, 2.45) is 5.84 Å². The van der Waals surface area contributed by atoms with Crippen molar-refractivity contribution in [1.29, 1.82) is 0 Å². The lowest BCUT2D eigenvalue weighted by Gasteiger charge is -2.07. The lowest BCUT2D eigenvalue weighted by Crippen LogP contribution is -2.11. The Labute approximate surface area is 107 Å². The van der Waals surface area contributed by atoms with Crippen LogP contribution in [0.1, 0.15) is 29.6 Å². The fraction of sp³-hybridized carbons (Fsp3) is 0.286. The summed E-state index contributed by atoms with van der Waals surface area (Å²) >= 11 is 0. The van der Waals surface area contributed by atoms with Crippen molar-refractivity contribution >= 4 is 5.82 Å². The molecule has 0 saturated heterocycles. The number of hydrazine groups is 1. The lowest BCUT2D eigenvalue weighted by atomic mass is 10.1. The van der Waals surface area contributed by atoms with E-state index >= 15 is 0 Å². The van der Waals surface area contributed by atoms with Crippen LogP contribution in [0.5, 0.6) is 0 Å². The Hall–Kier alpha value is -1.94. The van der Waals surface area contributed by atoms with E-state index in [0.29, 0.717) is 5.82 Å². The highest BCUT2D eigenvalue weighted by Crippen LogP contribution is 2.11. The zero-order valence-electron chi connectivity index (χ0n) is 10.8. The zero-order chi connectivity index (χ0) is 13.0. The number of nitrogen functional groups attached to an aromatic ring is 1. The Morgan fingerprint density at radius 2 is 1.89 bits per heavy atom. The van der Waals surface area contributed by atoms with Crippen LogP contribution < -0.4 is 11.3 Å². The van der Waals surface area contributed by atoms with E-state index in [2.05, 4.69) is 53.5 Å². The van der Waals surface area contributed by atoms with Crippen LogP contribution in [0.3, 0.4) is 0 Å². The van der Waals surface area contributed by atoms with Crippen molar-refractivity contribution in [3.8, 4) is 0 Å². The molecule has 0 spiro atoms. The van der Waals surface area contributed by atoms with Gasteiger partial charge in [0.2, 0.25) is 0 Å². The average molecular weight is 242 g/mol. The van der Waals surface area contributed by atoms with Crippen molar-refractivity contribution in [3.63, 3.8) is 0 Å². The molecule has 0 saturated carbocycles. The minimum absolute atomic E-state index is 0.670. The lowest BCUT2D eigenvalue weighted by molar-refractivity contribution is 0.905. The molecular formula is C14H18N4. The molecule has 0 aliphatic heterocycles. The first-order chi connectivity index (χ1) is 8.71. The van der Waals surface area contributed by atoms with Crippen LogP contribution in [0, 0.1) is 6.92 Å². The summed E-state index contributed by atoms with van der Waals surface area (Å²) in [5.74, 6) is 6.88. The fourth-order valence-electron chi connectivity index (χ4n) is 1.77. The standard InChI is InChI=1S/C14H18N4/c1-3-12-9-14(18-15)17-13(16-12)8-11-6-4-10(2)5-7-11/h4-7,9H,3,8,15H2,1-2H3,(H,16,17,18). The molecule has 0 amide bonds. The van der Waals surface area contributed by atoms with E-state index in [1.54, 1.807) is 0 Å². The smallest absolute Gasteiger partial charge is 0.143 e. The summed E-state index contributed by atoms with van der Waals surface area (Å²) in [6, 6.07) is 10.3. The third kappa shape index (κ3) is 3.05. The molecule has 1 aromatic carbocycles. The van der Waals surface area contributed by atoms with Gasteiger partial charge in [0.05, 0.1) is 0 Å². The minimum Gasteiger partial charge on any atom is -0.308 e. The molecule has 0 fully saturated rings. The molecule has 1 heterocycles. The van der Waals surface area contributed by atoms with Gasteiger partial charge in [0.1, 0.15) is 11.6 Å². The zero-order valence-corrected chi connectivity index (χ0v) is 10.8. The quantitative estimate of drug-likeness (QED) is 0.637. The number of hydrogen-bond donors (Lipinski definition) is 2. The van der Waals surface area contributed by atoms with E-state index in [-0.39, 0.29) is 0 Å². The van der Waals surface area contributed by atoms with Crippen molar-refractivity contribution in [2.45, 2.75) is 26.7 Å². The number of hydrogen-bond acceptors (Lipinski definition) is 4. The summed E-state index contributed by atoms with van der Waals surface area (Å²) in [4.78, 5) is 8.88. The average Bonchev–Trinajstić information content (AvgIpc) is 2.41. The Kier molecular flexibility index (Phi) is 3.89. The highest BCUT2D eigenvalue weighted by molar-refractivity contribution is 5.35. The predicted molar refractivity (Wildman–Crippen MR) is 73.2 cm³/mol. The first-order valence-electron chi connectivity index (χ1n) is 6.10. The monoisotopic (exact) mass is 242 g/mol. The van der Waals surface area contributed by atoms with Gasteiger partial charge < -0.3 is 5.43 Å². The SMILES string of the molecule is CCc1cc(NN)nc(Cc2ccc(C)cc2)n1. The molecule has 4 nitrogen and oxygen atoms in total. The molecule has 0 radical (unpaired) electrons. The summed E-state index contributed by atoms with van der Waals surface area (Å²) < 4.78 is 0. The number of benzene rings is 1. The number of nitrogens with one attached hydrogen (secondary N) is 1. The van der Waals surface area contributed by atoms with Crippen LogP contribution in [-0.4, -0.2) is 9.97 Å². The van der Waals surface area contributed by atoms with Crippen molar-refractivity contribution in [1.82, 2.24) is 9.97 Å². The van der Waals surface area contributed by atoms with Crippen LogP contribution in [0.4, 0.5) is 5.82 Å². The summed E-state index contributed by atoms with van der Waals surface area (Å²) in [7, 11) is 0. The molecule has 0 aliphatic rings. The molecule has 2 aromatic rings. The van der Waals surface area contributed by atoms with E-state index in [1.807, 2.05) is 6.07 Å². The van der Waals surface area contributed by atoms with E-state index in [9.17, 15) is 0 Å². The summed E-state index contributed by atoms with van der Waals surface area (Å²) in [6.07, 6.45) is 1.60. The number of nitrogens with zero attached hydrogens (tertiary/aromatic N) is 2. The maximum atomic E-state index is 5.42. The van der Waals surface area contributed by atoms with Crippen molar-refractivity contribution in [3.05, 3.63) is 53.0 Å². The van der Waals surface area contributed by atoms with Gasteiger partial charge in [-0.05, 0) is 18.9 Å². The maximum Gasteiger partial charge on any atom is 0.143 e. The van der Waals surface area contributed by atoms with E-state index in [1.165, 1.54) is 11.1 Å². The van der Waals surface area contributed by atoms with E-state index in [4.69, 9.17) is 5.84 Å². The predicted octanol–water partition coefficient (Wildman–Crippen LogP) is 2.22. The van der Waals surface area contributed by atoms with Crippen molar-refractivity contribution < 1.29 is 0 Å². The van der Waals surface area contributed by atoms with Gasteiger partial charge in [-0.25, -0.2) is 15.8 Å². The van der Waals surface area contributed by atoms with E-state index < -0.39 is 0 Å². The molecule has 94 valence electrons. The van der Waals surface area contributed by atoms with Crippen LogP contribution in [0.15, 0.2) is 30.3 Å². The van der Waals surface area contributed by atoms with Crippen LogP contribution in [-0.2, 0) is 12.8 Å². The van der Waals surface area contributed by atoms with Gasteiger partial charge >= 0.3 is 0 Å². The molecular weight excluding hydrogens is 224 g/mol. The van der Waals surface area contributed by atoms with Gasteiger partial charge in [0.25, 0.3) is 0 Å². The maximum absolute atomic E-state index is 5.42. The van der Waals surface area contributed by atoms with Crippen LogP contribution in [0.2, 0.25) is 0 Å². The third-order valence-electron chi connectivity index (χ3n) is 2.82. The Balaban J connectivity index is 2.25. The molecule has 18 heavy (non-hydrogen) atoms. The number of nitrogens with two attached hydrogens (primary N) is 1. The number of rotatable bonds is 4. The second-order valence-electron chi connectivity index (χ2n) is 4.32. The normalized spacial score (nSPS) is 10.4. The van der Waals surface area contributed by atoms with Crippen LogP contribution >= 0.6 is 0 Å². The first-order valence-corrected chi connectivity index (χ1v) is 6.10. The second-order valence-corrected chi connectivity index (χ2v) is 4.32. The van der Waals surface area contributed by atoms with Gasteiger partial charge in [0.15, 0.2) is 0 Å². The third-order valence-corrected chi connectivity index (χ3v) is 2.82. The Bertz CT molecular complexity index is 498. The second kappa shape index (κ2) is 5.60. The first kappa shape index (κ1) is 12.5. The molecule has 4 heteroatoms. The Morgan fingerprint density at radius 1 is 1.17 bits per heavy atom. The highest BCUT2D eigenvalue weighted by atomic mass is 15.3. The number of aryl methyl sites for hydroxylation is 2. The molecule has 0 atom stereocenters. The topological polar surface area (TPSA) is 63.8 Å². The molecule has 3 N–H and O–H groups in total. The Morgan fingerprint density at radius 3 is 2.50 bits per heavy atom. The van der Waals surface area contributed by atoms with Crippen molar-refractivity contribution in [2.75, 3.05) is 5.43 Å². The molecule has 0 unspecified atom stereocenters. The molecule has 1 aromatic heterocycles. The van der Waals surface area contributed by atoms with Crippen LogP contribution in [0.25, 0.3) is 0 Å². The van der Waals surface area contributed by atoms with Gasteiger partial charge in [-0.2, -0.15) is 0 Å². The van der Waals surface area contributed by atoms with Gasteiger partial charge in [-0.3, -0.25) is 0 Å². The largest absolute Gasteiger partial charge is 0.308 e. The number of aromatic nitrogens is 2.